The highest BCUT2D eigenvalue weighted by molar-refractivity contribution is 5.25. The molecular weight excluding hydrogens is 313 g/mol. The van der Waals surface area contributed by atoms with Crippen molar-refractivity contribution in [3.05, 3.63) is 35.4 Å². The van der Waals surface area contributed by atoms with Crippen LogP contribution in [-0.2, 0) is 12.6 Å². The van der Waals surface area contributed by atoms with Gasteiger partial charge < -0.3 is 9.80 Å². The summed E-state index contributed by atoms with van der Waals surface area (Å²) in [6.07, 6.45) is -1.15. The second-order valence-electron chi connectivity index (χ2n) is 7.29. The van der Waals surface area contributed by atoms with Crippen LogP contribution in [0.4, 0.5) is 13.2 Å². The normalized spacial score (nSPS) is 20.1. The van der Waals surface area contributed by atoms with Crippen LogP contribution in [-0.4, -0.2) is 49.1 Å². The number of likely N-dealkylation sites (tertiary alicyclic amines) is 1. The summed E-state index contributed by atoms with van der Waals surface area (Å²) in [5.74, 6) is 0.660. The summed E-state index contributed by atoms with van der Waals surface area (Å²) < 4.78 is 38.4. The summed E-state index contributed by atoms with van der Waals surface area (Å²) in [5.41, 5.74) is 0.223. The molecule has 1 atom stereocenters. The Morgan fingerprint density at radius 1 is 1.29 bits per heavy atom. The van der Waals surface area contributed by atoms with Crippen molar-refractivity contribution < 1.29 is 13.2 Å². The number of alkyl halides is 3. The fraction of sp³-hybridized carbons (Fsp3) is 0.684. The van der Waals surface area contributed by atoms with Crippen molar-refractivity contribution in [2.24, 2.45) is 5.92 Å². The highest BCUT2D eigenvalue weighted by Gasteiger charge is 2.30. The van der Waals surface area contributed by atoms with Crippen molar-refractivity contribution in [3.63, 3.8) is 0 Å². The average molecular weight is 342 g/mol. The molecule has 1 heterocycles. The fourth-order valence-corrected chi connectivity index (χ4v) is 3.31. The van der Waals surface area contributed by atoms with Gasteiger partial charge in [0, 0.05) is 25.7 Å². The first-order valence-electron chi connectivity index (χ1n) is 8.84. The van der Waals surface area contributed by atoms with Crippen LogP contribution in [0.1, 0.15) is 37.8 Å². The molecule has 1 aromatic rings. The molecule has 24 heavy (non-hydrogen) atoms. The summed E-state index contributed by atoms with van der Waals surface area (Å²) >= 11 is 0. The van der Waals surface area contributed by atoms with Crippen LogP contribution in [0.5, 0.6) is 0 Å². The van der Waals surface area contributed by atoms with Crippen LogP contribution in [0, 0.1) is 5.92 Å². The molecule has 136 valence electrons. The minimum atomic E-state index is -4.26. The third-order valence-corrected chi connectivity index (χ3v) is 5.00. The summed E-state index contributed by atoms with van der Waals surface area (Å²) in [6.45, 7) is 8.44. The van der Waals surface area contributed by atoms with Crippen LogP contribution in [0.2, 0.25) is 0 Å². The molecule has 1 fully saturated rings. The predicted molar refractivity (Wildman–Crippen MR) is 92.1 cm³/mol. The van der Waals surface area contributed by atoms with E-state index in [9.17, 15) is 13.2 Å². The number of halogens is 3. The van der Waals surface area contributed by atoms with Gasteiger partial charge in [-0.3, -0.25) is 0 Å². The molecule has 1 aromatic carbocycles. The zero-order valence-corrected chi connectivity index (χ0v) is 14.9. The van der Waals surface area contributed by atoms with Gasteiger partial charge >= 0.3 is 6.18 Å². The molecule has 0 unspecified atom stereocenters. The van der Waals surface area contributed by atoms with Gasteiger partial charge in [-0.05, 0) is 64.3 Å². The number of nitrogens with zero attached hydrogens (tertiary/aromatic N) is 2. The Bertz CT molecular complexity index is 514. The van der Waals surface area contributed by atoms with Crippen LogP contribution in [0.3, 0.4) is 0 Å². The highest BCUT2D eigenvalue weighted by Crippen LogP contribution is 2.29. The number of hydrogen-bond acceptors (Lipinski definition) is 2. The molecular formula is C19H29F3N2. The second-order valence-corrected chi connectivity index (χ2v) is 7.29. The van der Waals surface area contributed by atoms with E-state index in [1.807, 2.05) is 0 Å². The van der Waals surface area contributed by atoms with Gasteiger partial charge in [0.25, 0.3) is 0 Å². The summed E-state index contributed by atoms with van der Waals surface area (Å²) in [6, 6.07) is 6.28. The largest absolute Gasteiger partial charge is 0.416 e. The molecule has 0 amide bonds. The van der Waals surface area contributed by atoms with E-state index < -0.39 is 11.7 Å². The first-order chi connectivity index (χ1) is 11.3. The first kappa shape index (κ1) is 19.3. The Labute approximate surface area is 143 Å². The summed E-state index contributed by atoms with van der Waals surface area (Å²) in [4.78, 5) is 4.78. The number of hydrogen-bond donors (Lipinski definition) is 0. The lowest BCUT2D eigenvalue weighted by atomic mass is 9.96. The monoisotopic (exact) mass is 342 g/mol. The van der Waals surface area contributed by atoms with Gasteiger partial charge in [-0.2, -0.15) is 13.2 Å². The maximum absolute atomic E-state index is 12.8. The predicted octanol–water partition coefficient (Wildman–Crippen LogP) is 4.30. The Morgan fingerprint density at radius 2 is 2.04 bits per heavy atom. The highest BCUT2D eigenvalue weighted by atomic mass is 19.4. The standard InChI is InChI=1S/C19H29F3N2/c1-15(2)23(3)13-17-7-5-10-24(14-17)11-9-16-6-4-8-18(12-16)19(20,21)22/h4,6,8,12,15,17H,5,7,9-11,13-14H2,1-3H3/t17-/m0/s1. The van der Waals surface area contributed by atoms with Crippen LogP contribution in [0.25, 0.3) is 0 Å². The minimum Gasteiger partial charge on any atom is -0.304 e. The molecule has 2 rings (SSSR count). The van der Waals surface area contributed by atoms with E-state index in [0.717, 1.165) is 37.8 Å². The number of benzene rings is 1. The van der Waals surface area contributed by atoms with Crippen molar-refractivity contribution in [3.8, 4) is 0 Å². The van der Waals surface area contributed by atoms with E-state index in [1.165, 1.54) is 25.0 Å². The smallest absolute Gasteiger partial charge is 0.304 e. The van der Waals surface area contributed by atoms with E-state index in [2.05, 4.69) is 30.7 Å². The van der Waals surface area contributed by atoms with Crippen molar-refractivity contribution in [1.29, 1.82) is 0 Å². The van der Waals surface area contributed by atoms with Crippen LogP contribution in [0.15, 0.2) is 24.3 Å². The van der Waals surface area contributed by atoms with Gasteiger partial charge in [-0.1, -0.05) is 18.2 Å². The molecule has 0 aromatic heterocycles. The molecule has 0 saturated carbocycles. The quantitative estimate of drug-likeness (QED) is 0.760. The molecule has 0 radical (unpaired) electrons. The SMILES string of the molecule is CC(C)N(C)C[C@@H]1CCCN(CCc2cccc(C(F)(F)F)c2)C1. The van der Waals surface area contributed by atoms with Crippen molar-refractivity contribution in [1.82, 2.24) is 9.80 Å². The Morgan fingerprint density at radius 3 is 2.71 bits per heavy atom. The second kappa shape index (κ2) is 8.34. The van der Waals surface area contributed by atoms with Crippen molar-refractivity contribution in [2.45, 2.75) is 45.3 Å². The molecule has 0 aliphatic carbocycles. The molecule has 0 N–H and O–H groups in total. The van der Waals surface area contributed by atoms with Gasteiger partial charge in [0.2, 0.25) is 0 Å². The third kappa shape index (κ3) is 5.78. The average Bonchev–Trinajstić information content (AvgIpc) is 2.52. The minimum absolute atomic E-state index is 0.546. The van der Waals surface area contributed by atoms with Gasteiger partial charge in [-0.25, -0.2) is 0 Å². The fourth-order valence-electron chi connectivity index (χ4n) is 3.31. The van der Waals surface area contributed by atoms with E-state index in [0.29, 0.717) is 18.4 Å². The van der Waals surface area contributed by atoms with Gasteiger partial charge in [0.1, 0.15) is 0 Å². The molecule has 0 spiro atoms. The lowest BCUT2D eigenvalue weighted by Crippen LogP contribution is -2.42. The first-order valence-corrected chi connectivity index (χ1v) is 8.84. The van der Waals surface area contributed by atoms with Gasteiger partial charge in [-0.15, -0.1) is 0 Å². The van der Waals surface area contributed by atoms with E-state index in [-0.39, 0.29) is 0 Å². The van der Waals surface area contributed by atoms with Crippen LogP contribution >= 0.6 is 0 Å². The van der Waals surface area contributed by atoms with Gasteiger partial charge in [0.15, 0.2) is 0 Å². The molecule has 1 aliphatic heterocycles. The molecule has 1 aliphatic rings. The zero-order valence-electron chi connectivity index (χ0n) is 14.9. The van der Waals surface area contributed by atoms with E-state index in [4.69, 9.17) is 0 Å². The molecule has 5 heteroatoms. The zero-order chi connectivity index (χ0) is 17.7. The van der Waals surface area contributed by atoms with Crippen molar-refractivity contribution >= 4 is 0 Å². The number of piperidine rings is 1. The summed E-state index contributed by atoms with van der Waals surface area (Å²) in [5, 5.41) is 0. The Hall–Kier alpha value is -1.07. The molecule has 0 bridgehead atoms. The third-order valence-electron chi connectivity index (χ3n) is 5.00. The lowest BCUT2D eigenvalue weighted by molar-refractivity contribution is -0.137. The van der Waals surface area contributed by atoms with E-state index >= 15 is 0 Å². The maximum atomic E-state index is 12.8. The van der Waals surface area contributed by atoms with E-state index in [1.54, 1.807) is 6.07 Å². The molecule has 2 nitrogen and oxygen atoms in total. The summed E-state index contributed by atoms with van der Waals surface area (Å²) in [7, 11) is 2.16. The van der Waals surface area contributed by atoms with Gasteiger partial charge in [0.05, 0.1) is 5.56 Å². The van der Waals surface area contributed by atoms with Crippen molar-refractivity contribution in [2.75, 3.05) is 33.2 Å². The number of rotatable bonds is 6. The Kier molecular flexibility index (Phi) is 6.70. The lowest BCUT2D eigenvalue weighted by Gasteiger charge is -2.35. The maximum Gasteiger partial charge on any atom is 0.416 e. The molecule has 1 saturated heterocycles. The van der Waals surface area contributed by atoms with Crippen LogP contribution < -0.4 is 0 Å². The topological polar surface area (TPSA) is 6.48 Å². The Balaban J connectivity index is 1.86.